The maximum atomic E-state index is 13.9. The molecule has 0 N–H and O–H groups in total. The van der Waals surface area contributed by atoms with Gasteiger partial charge < -0.3 is 23.7 Å². The molecule has 0 aromatic heterocycles. The first-order chi connectivity index (χ1) is 16.3. The molecule has 9 heteroatoms. The summed E-state index contributed by atoms with van der Waals surface area (Å²) >= 11 is 7.05. The lowest BCUT2D eigenvalue weighted by molar-refractivity contribution is -0.409. The third-order valence-corrected chi connectivity index (χ3v) is 11.1. The second kappa shape index (κ2) is 8.32. The van der Waals surface area contributed by atoms with E-state index in [1.54, 1.807) is 0 Å². The van der Waals surface area contributed by atoms with Crippen LogP contribution in [-0.4, -0.2) is 61.4 Å². The van der Waals surface area contributed by atoms with E-state index in [4.69, 9.17) is 35.9 Å². The molecule has 6 rings (SSSR count). The highest BCUT2D eigenvalue weighted by molar-refractivity contribution is 8.22. The fourth-order valence-electron chi connectivity index (χ4n) is 9.22. The van der Waals surface area contributed by atoms with Crippen LogP contribution in [-0.2, 0) is 33.3 Å². The van der Waals surface area contributed by atoms with Crippen LogP contribution in [0.15, 0.2) is 0 Å². The van der Waals surface area contributed by atoms with Gasteiger partial charge in [0.25, 0.3) is 0 Å². The Balaban J connectivity index is 1.85. The molecule has 2 saturated heterocycles. The maximum Gasteiger partial charge on any atom is 0.313 e. The minimum Gasteiger partial charge on any atom is -0.469 e. The zero-order chi connectivity index (χ0) is 24.5. The average molecular weight is 513 g/mol. The highest BCUT2D eigenvalue weighted by Gasteiger charge is 2.96. The molecule has 190 valence electrons. The molecule has 6 aliphatic rings. The molecular formula is C25H36O7S2. The number of unbranched alkanes of at least 4 members (excludes halogenated alkanes) is 1. The van der Waals surface area contributed by atoms with Crippen LogP contribution in [0.3, 0.4) is 0 Å². The number of hydrogen-bond donors (Lipinski definition) is 0. The van der Waals surface area contributed by atoms with Gasteiger partial charge in [0.15, 0.2) is 5.60 Å². The zero-order valence-corrected chi connectivity index (χ0v) is 22.4. The van der Waals surface area contributed by atoms with Gasteiger partial charge in [0.05, 0.1) is 38.8 Å². The van der Waals surface area contributed by atoms with Gasteiger partial charge in [-0.25, -0.2) is 0 Å². The van der Waals surface area contributed by atoms with Crippen molar-refractivity contribution in [2.45, 2.75) is 63.8 Å². The van der Waals surface area contributed by atoms with Crippen molar-refractivity contribution in [3.8, 4) is 0 Å². The Morgan fingerprint density at radius 2 is 1.94 bits per heavy atom. The summed E-state index contributed by atoms with van der Waals surface area (Å²) < 4.78 is 31.5. The lowest BCUT2D eigenvalue weighted by Gasteiger charge is -2.70. The molecule has 9 atom stereocenters. The fraction of sp³-hybridized carbons (Fsp3) is 0.880. The molecule has 6 bridgehead atoms. The van der Waals surface area contributed by atoms with E-state index in [1.165, 1.54) is 26.0 Å². The Morgan fingerprint density at radius 1 is 1.18 bits per heavy atom. The Bertz CT molecular complexity index is 896. The summed E-state index contributed by atoms with van der Waals surface area (Å²) in [4.78, 5) is 27.5. The molecule has 0 radical (unpaired) electrons. The van der Waals surface area contributed by atoms with Gasteiger partial charge >= 0.3 is 11.9 Å². The number of rotatable bonds is 7. The van der Waals surface area contributed by atoms with Crippen molar-refractivity contribution in [3.63, 3.8) is 0 Å². The van der Waals surface area contributed by atoms with Crippen LogP contribution in [0, 0.1) is 40.4 Å². The molecule has 4 saturated carbocycles. The number of carbonyl (C=O) groups excluding carboxylic acids is 2. The van der Waals surface area contributed by atoms with Gasteiger partial charge in [0.1, 0.15) is 0 Å². The summed E-state index contributed by atoms with van der Waals surface area (Å²) in [5, 5.41) is 0. The molecule has 4 aliphatic carbocycles. The number of hydrogen-bond acceptors (Lipinski definition) is 9. The van der Waals surface area contributed by atoms with Gasteiger partial charge in [-0.1, -0.05) is 38.5 Å². The van der Waals surface area contributed by atoms with Crippen LogP contribution >= 0.6 is 24.0 Å². The zero-order valence-electron chi connectivity index (χ0n) is 20.7. The first-order valence-electron chi connectivity index (χ1n) is 12.5. The standard InChI is InChI=1S/C25H36O7S2/c1-6-8-9-15-14-10-11-30-25-16(14)17(19(26)28-3)23(20(27)29-4)12-22(7-2,13-31-25)24(25,18(15)23)32-21(33)34-5/h14-18H,6-13H2,1-5H3/t14?,15?,16?,17?,18?,22-,23?,24?,25?/m0/s1. The van der Waals surface area contributed by atoms with Crippen LogP contribution in [0.1, 0.15) is 52.4 Å². The van der Waals surface area contributed by atoms with E-state index in [9.17, 15) is 9.59 Å². The van der Waals surface area contributed by atoms with Gasteiger partial charge in [-0.05, 0) is 56.0 Å². The van der Waals surface area contributed by atoms with Crippen molar-refractivity contribution < 1.29 is 33.3 Å². The molecule has 0 aromatic carbocycles. The van der Waals surface area contributed by atoms with Gasteiger partial charge in [-0.2, -0.15) is 0 Å². The summed E-state index contributed by atoms with van der Waals surface area (Å²) in [5.41, 5.74) is -2.54. The third-order valence-electron chi connectivity index (χ3n) is 10.1. The first kappa shape index (κ1) is 24.8. The highest BCUT2D eigenvalue weighted by Crippen LogP contribution is 2.85. The monoisotopic (exact) mass is 512 g/mol. The van der Waals surface area contributed by atoms with Crippen LogP contribution < -0.4 is 0 Å². The van der Waals surface area contributed by atoms with Crippen LogP contribution in [0.2, 0.25) is 0 Å². The van der Waals surface area contributed by atoms with Gasteiger partial charge in [-0.3, -0.25) is 9.59 Å². The largest absolute Gasteiger partial charge is 0.469 e. The van der Waals surface area contributed by atoms with E-state index in [1.807, 2.05) is 6.26 Å². The lowest BCUT2D eigenvalue weighted by Crippen LogP contribution is -2.82. The van der Waals surface area contributed by atoms with Crippen LogP contribution in [0.5, 0.6) is 0 Å². The average Bonchev–Trinajstić information content (AvgIpc) is 3.24. The molecule has 0 aromatic rings. The molecule has 7 nitrogen and oxygen atoms in total. The second-order valence-corrected chi connectivity index (χ2v) is 12.1. The van der Waals surface area contributed by atoms with Crippen molar-refractivity contribution in [2.75, 3.05) is 33.7 Å². The quantitative estimate of drug-likeness (QED) is 0.372. The lowest BCUT2D eigenvalue weighted by atomic mass is 9.38. The highest BCUT2D eigenvalue weighted by atomic mass is 32.2. The van der Waals surface area contributed by atoms with E-state index >= 15 is 0 Å². The van der Waals surface area contributed by atoms with Crippen molar-refractivity contribution in [3.05, 3.63) is 0 Å². The van der Waals surface area contributed by atoms with Crippen molar-refractivity contribution >= 4 is 40.3 Å². The molecule has 0 amide bonds. The van der Waals surface area contributed by atoms with E-state index in [2.05, 4.69) is 13.8 Å². The molecule has 8 unspecified atom stereocenters. The number of thiocarbonyl (C=S) groups is 1. The summed E-state index contributed by atoms with van der Waals surface area (Å²) in [5.74, 6) is -2.87. The fourth-order valence-corrected chi connectivity index (χ4v) is 9.56. The Kier molecular flexibility index (Phi) is 6.06. The minimum atomic E-state index is -1.13. The smallest absolute Gasteiger partial charge is 0.313 e. The second-order valence-electron chi connectivity index (χ2n) is 10.7. The van der Waals surface area contributed by atoms with Crippen molar-refractivity contribution in [2.24, 2.45) is 40.4 Å². The van der Waals surface area contributed by atoms with Gasteiger partial charge in [0, 0.05) is 17.3 Å². The van der Waals surface area contributed by atoms with Gasteiger partial charge in [-0.15, -0.1) is 0 Å². The Morgan fingerprint density at radius 3 is 2.56 bits per heavy atom. The molecule has 2 heterocycles. The van der Waals surface area contributed by atoms with Crippen molar-refractivity contribution in [1.29, 1.82) is 0 Å². The number of ether oxygens (including phenoxy) is 5. The van der Waals surface area contributed by atoms with E-state index in [0.29, 0.717) is 24.0 Å². The SMILES string of the molecule is CCCCC1C2CCOC34OC[C@]5(CC)CC(C(=O)OC)(C(C(=O)OC)C23)C1C45OC(=S)SC. The first-order valence-corrected chi connectivity index (χ1v) is 14.1. The van der Waals surface area contributed by atoms with Crippen molar-refractivity contribution in [1.82, 2.24) is 0 Å². The van der Waals surface area contributed by atoms with Crippen LogP contribution in [0.4, 0.5) is 0 Å². The normalized spacial score (nSPS) is 47.4. The summed E-state index contributed by atoms with van der Waals surface area (Å²) in [6.07, 6.45) is 6.95. The topological polar surface area (TPSA) is 80.3 Å². The number of carbonyl (C=O) groups is 2. The van der Waals surface area contributed by atoms with E-state index in [-0.39, 0.29) is 35.6 Å². The summed E-state index contributed by atoms with van der Waals surface area (Å²) in [6, 6.07) is 0. The number of methoxy groups -OCH3 is 2. The molecule has 2 aliphatic heterocycles. The summed E-state index contributed by atoms with van der Waals surface area (Å²) in [6.45, 7) is 5.24. The molecule has 6 fully saturated rings. The van der Waals surface area contributed by atoms with E-state index in [0.717, 1.165) is 32.1 Å². The molecular weight excluding hydrogens is 476 g/mol. The third kappa shape index (κ3) is 2.55. The number of thioether (sulfide) groups is 1. The minimum absolute atomic E-state index is 0.178. The van der Waals surface area contributed by atoms with Crippen LogP contribution in [0.25, 0.3) is 0 Å². The Labute approximate surface area is 211 Å². The predicted octanol–water partition coefficient (Wildman–Crippen LogP) is 3.97. The molecule has 34 heavy (non-hydrogen) atoms. The summed E-state index contributed by atoms with van der Waals surface area (Å²) in [7, 11) is 2.82. The predicted molar refractivity (Wildman–Crippen MR) is 130 cm³/mol. The molecule has 1 spiro atoms. The van der Waals surface area contributed by atoms with E-state index < -0.39 is 28.1 Å². The number of esters is 2. The maximum absolute atomic E-state index is 13.9. The van der Waals surface area contributed by atoms with Gasteiger partial charge in [0.2, 0.25) is 10.2 Å². The Hall–Kier alpha value is -0.900.